The van der Waals surface area contributed by atoms with Crippen molar-refractivity contribution in [3.05, 3.63) is 0 Å². The SMILES string of the molecule is CCCCCCCCCCCCCCN(CCCCCCCCCCCCCC)C(=O)C(C)Br. The molecule has 3 heteroatoms. The Labute approximate surface area is 223 Å². The van der Waals surface area contributed by atoms with Crippen molar-refractivity contribution < 1.29 is 4.79 Å². The van der Waals surface area contributed by atoms with Crippen LogP contribution in [0.2, 0.25) is 0 Å². The van der Waals surface area contributed by atoms with Crippen molar-refractivity contribution >= 4 is 21.8 Å². The molecule has 0 N–H and O–H groups in total. The summed E-state index contributed by atoms with van der Waals surface area (Å²) in [6.07, 6.45) is 32.9. The first kappa shape index (κ1) is 34.0. The molecular weight excluding hydrogens is 482 g/mol. The third-order valence-corrected chi connectivity index (χ3v) is 7.61. The van der Waals surface area contributed by atoms with Gasteiger partial charge in [-0.15, -0.1) is 0 Å². The molecule has 0 aromatic rings. The van der Waals surface area contributed by atoms with E-state index in [9.17, 15) is 4.79 Å². The maximum Gasteiger partial charge on any atom is 0.236 e. The van der Waals surface area contributed by atoms with Gasteiger partial charge in [-0.05, 0) is 19.8 Å². The van der Waals surface area contributed by atoms with Gasteiger partial charge in [0.2, 0.25) is 5.91 Å². The molecular formula is C31H62BrNO. The first-order chi connectivity index (χ1) is 16.6. The summed E-state index contributed by atoms with van der Waals surface area (Å²) in [7, 11) is 0. The molecule has 1 amide bonds. The third-order valence-electron chi connectivity index (χ3n) is 7.22. The van der Waals surface area contributed by atoms with Crippen molar-refractivity contribution in [1.82, 2.24) is 4.90 Å². The van der Waals surface area contributed by atoms with Crippen LogP contribution < -0.4 is 0 Å². The summed E-state index contributed by atoms with van der Waals surface area (Å²) in [6, 6.07) is 0. The lowest BCUT2D eigenvalue weighted by atomic mass is 10.0. The molecule has 204 valence electrons. The highest BCUT2D eigenvalue weighted by atomic mass is 79.9. The molecule has 0 aliphatic carbocycles. The smallest absolute Gasteiger partial charge is 0.236 e. The van der Waals surface area contributed by atoms with Gasteiger partial charge >= 0.3 is 0 Å². The summed E-state index contributed by atoms with van der Waals surface area (Å²) < 4.78 is 0. The molecule has 1 unspecified atom stereocenters. The minimum atomic E-state index is -0.0536. The minimum absolute atomic E-state index is 0.0536. The molecule has 0 bridgehead atoms. The molecule has 0 rings (SSSR count). The Bertz CT molecular complexity index is 384. The van der Waals surface area contributed by atoms with Gasteiger partial charge < -0.3 is 4.90 Å². The van der Waals surface area contributed by atoms with Gasteiger partial charge in [0.15, 0.2) is 0 Å². The first-order valence-corrected chi connectivity index (χ1v) is 16.5. The van der Waals surface area contributed by atoms with Crippen LogP contribution in [0.3, 0.4) is 0 Å². The van der Waals surface area contributed by atoms with Gasteiger partial charge in [-0.25, -0.2) is 0 Å². The van der Waals surface area contributed by atoms with Crippen molar-refractivity contribution in [2.24, 2.45) is 0 Å². The molecule has 0 spiro atoms. The number of amides is 1. The van der Waals surface area contributed by atoms with E-state index in [0.29, 0.717) is 0 Å². The van der Waals surface area contributed by atoms with Crippen LogP contribution in [-0.2, 0) is 4.79 Å². The zero-order chi connectivity index (χ0) is 25.1. The quantitative estimate of drug-likeness (QED) is 0.0744. The van der Waals surface area contributed by atoms with E-state index < -0.39 is 0 Å². The van der Waals surface area contributed by atoms with Crippen LogP contribution in [-0.4, -0.2) is 28.7 Å². The Kier molecular flexibility index (Phi) is 27.5. The third kappa shape index (κ3) is 23.7. The highest BCUT2D eigenvalue weighted by Crippen LogP contribution is 2.15. The van der Waals surface area contributed by atoms with Crippen molar-refractivity contribution in [3.63, 3.8) is 0 Å². The second kappa shape index (κ2) is 27.5. The Morgan fingerprint density at radius 3 is 0.971 bits per heavy atom. The zero-order valence-corrected chi connectivity index (χ0v) is 25.3. The van der Waals surface area contributed by atoms with Crippen LogP contribution in [0.25, 0.3) is 0 Å². The monoisotopic (exact) mass is 543 g/mol. The number of carbonyl (C=O) groups excluding carboxylic acids is 1. The normalized spacial score (nSPS) is 12.2. The van der Waals surface area contributed by atoms with E-state index in [1.807, 2.05) is 6.92 Å². The molecule has 0 radical (unpaired) electrons. The summed E-state index contributed by atoms with van der Waals surface area (Å²) in [5, 5.41) is 0. The van der Waals surface area contributed by atoms with Gasteiger partial charge in [-0.1, -0.05) is 171 Å². The predicted octanol–water partition coefficient (Wildman–Crippen LogP) is 11.0. The van der Waals surface area contributed by atoms with Gasteiger partial charge in [0, 0.05) is 13.1 Å². The van der Waals surface area contributed by atoms with E-state index in [2.05, 4.69) is 34.7 Å². The van der Waals surface area contributed by atoms with Gasteiger partial charge in [-0.3, -0.25) is 4.79 Å². The number of hydrogen-bond donors (Lipinski definition) is 0. The number of nitrogens with zero attached hydrogens (tertiary/aromatic N) is 1. The number of rotatable bonds is 27. The topological polar surface area (TPSA) is 20.3 Å². The van der Waals surface area contributed by atoms with Gasteiger partial charge in [0.25, 0.3) is 0 Å². The van der Waals surface area contributed by atoms with E-state index >= 15 is 0 Å². The molecule has 0 aliphatic rings. The molecule has 2 nitrogen and oxygen atoms in total. The molecule has 0 aliphatic heterocycles. The Morgan fingerprint density at radius 2 is 0.735 bits per heavy atom. The van der Waals surface area contributed by atoms with Gasteiger partial charge in [0.1, 0.15) is 0 Å². The molecule has 0 fully saturated rings. The summed E-state index contributed by atoms with van der Waals surface area (Å²) >= 11 is 3.50. The fourth-order valence-electron chi connectivity index (χ4n) is 4.87. The number of unbranched alkanes of at least 4 members (excludes halogenated alkanes) is 22. The summed E-state index contributed by atoms with van der Waals surface area (Å²) in [4.78, 5) is 14.7. The molecule has 34 heavy (non-hydrogen) atoms. The fourth-order valence-corrected chi connectivity index (χ4v) is 5.16. The zero-order valence-electron chi connectivity index (χ0n) is 23.7. The molecule has 1 atom stereocenters. The number of hydrogen-bond acceptors (Lipinski definition) is 1. The lowest BCUT2D eigenvalue weighted by molar-refractivity contribution is -0.130. The van der Waals surface area contributed by atoms with Crippen LogP contribution in [0, 0.1) is 0 Å². The molecule has 0 saturated carbocycles. The predicted molar refractivity (Wildman–Crippen MR) is 157 cm³/mol. The summed E-state index contributed by atoms with van der Waals surface area (Å²) in [5.74, 6) is 0.283. The maximum atomic E-state index is 12.6. The second-order valence-electron chi connectivity index (χ2n) is 10.7. The van der Waals surface area contributed by atoms with E-state index in [-0.39, 0.29) is 10.7 Å². The highest BCUT2D eigenvalue weighted by molar-refractivity contribution is 9.10. The van der Waals surface area contributed by atoms with Crippen LogP contribution >= 0.6 is 15.9 Å². The van der Waals surface area contributed by atoms with Crippen molar-refractivity contribution in [3.8, 4) is 0 Å². The van der Waals surface area contributed by atoms with Crippen LogP contribution in [0.5, 0.6) is 0 Å². The number of halogens is 1. The summed E-state index contributed by atoms with van der Waals surface area (Å²) in [6.45, 7) is 8.44. The van der Waals surface area contributed by atoms with E-state index in [1.54, 1.807) is 0 Å². The molecule has 0 aromatic carbocycles. The fraction of sp³-hybridized carbons (Fsp3) is 0.968. The molecule has 0 heterocycles. The Morgan fingerprint density at radius 1 is 0.500 bits per heavy atom. The van der Waals surface area contributed by atoms with E-state index in [0.717, 1.165) is 13.1 Å². The lowest BCUT2D eigenvalue weighted by Crippen LogP contribution is -2.37. The number of alkyl halides is 1. The Hall–Kier alpha value is -0.0500. The lowest BCUT2D eigenvalue weighted by Gasteiger charge is -2.24. The van der Waals surface area contributed by atoms with E-state index in [1.165, 1.54) is 154 Å². The Balaban J connectivity index is 3.68. The first-order valence-electron chi connectivity index (χ1n) is 15.6. The van der Waals surface area contributed by atoms with Crippen LogP contribution in [0.1, 0.15) is 175 Å². The average Bonchev–Trinajstić information content (AvgIpc) is 2.83. The van der Waals surface area contributed by atoms with Gasteiger partial charge in [-0.2, -0.15) is 0 Å². The maximum absolute atomic E-state index is 12.6. The average molecular weight is 545 g/mol. The number of carbonyl (C=O) groups is 1. The van der Waals surface area contributed by atoms with Crippen molar-refractivity contribution in [1.29, 1.82) is 0 Å². The largest absolute Gasteiger partial charge is 0.342 e. The van der Waals surface area contributed by atoms with Crippen molar-refractivity contribution in [2.75, 3.05) is 13.1 Å². The van der Waals surface area contributed by atoms with Crippen molar-refractivity contribution in [2.45, 2.75) is 180 Å². The van der Waals surface area contributed by atoms with Crippen LogP contribution in [0.15, 0.2) is 0 Å². The molecule has 0 aromatic heterocycles. The molecule has 0 saturated heterocycles. The van der Waals surface area contributed by atoms with Crippen LogP contribution in [0.4, 0.5) is 0 Å². The second-order valence-corrected chi connectivity index (χ2v) is 12.1. The van der Waals surface area contributed by atoms with Gasteiger partial charge in [0.05, 0.1) is 4.83 Å². The minimum Gasteiger partial charge on any atom is -0.342 e. The standard InChI is InChI=1S/C31H62BrNO/c1-4-6-8-10-12-14-16-18-20-22-24-26-28-33(31(34)30(3)32)29-27-25-23-21-19-17-15-13-11-9-7-5-2/h30H,4-29H2,1-3H3. The summed E-state index contributed by atoms with van der Waals surface area (Å²) in [5.41, 5.74) is 0. The highest BCUT2D eigenvalue weighted by Gasteiger charge is 2.17. The van der Waals surface area contributed by atoms with E-state index in [4.69, 9.17) is 0 Å².